The molecule has 0 aliphatic heterocycles. The largest absolute Gasteiger partial charge is 0.315 e. The third-order valence-corrected chi connectivity index (χ3v) is 7.41. The highest BCUT2D eigenvalue weighted by atomic mass is 15.2. The van der Waals surface area contributed by atoms with E-state index in [9.17, 15) is 0 Å². The fraction of sp³-hybridized carbons (Fsp3) is 0. The second-order valence-electron chi connectivity index (χ2n) is 9.79. The quantitative estimate of drug-likeness (QED) is 0.238. The Kier molecular flexibility index (Phi) is 5.07. The summed E-state index contributed by atoms with van der Waals surface area (Å²) in [7, 11) is 0. The Hall–Kier alpha value is -5.55. The summed E-state index contributed by atoms with van der Waals surface area (Å²) in [6.07, 6.45) is 2.14. The van der Waals surface area contributed by atoms with E-state index in [1.807, 2.05) is 66.7 Å². The molecular formula is C35H23N5. The van der Waals surface area contributed by atoms with Crippen molar-refractivity contribution >= 4 is 32.7 Å². The van der Waals surface area contributed by atoms with Gasteiger partial charge in [0.1, 0.15) is 0 Å². The molecule has 40 heavy (non-hydrogen) atoms. The van der Waals surface area contributed by atoms with Gasteiger partial charge in [-0.25, -0.2) is 4.98 Å². The van der Waals surface area contributed by atoms with Crippen LogP contribution in [0.1, 0.15) is 0 Å². The molecule has 188 valence electrons. The zero-order valence-corrected chi connectivity index (χ0v) is 21.5. The molecule has 5 heteroatoms. The monoisotopic (exact) mass is 513 g/mol. The molecule has 0 bridgehead atoms. The molecule has 0 aliphatic rings. The van der Waals surface area contributed by atoms with Gasteiger partial charge in [-0.05, 0) is 24.3 Å². The molecule has 0 fully saturated rings. The van der Waals surface area contributed by atoms with Crippen molar-refractivity contribution in [3.05, 3.63) is 140 Å². The number of rotatable bonds is 4. The predicted molar refractivity (Wildman–Crippen MR) is 162 cm³/mol. The number of hydrogen-bond acceptors (Lipinski definition) is 3. The van der Waals surface area contributed by atoms with E-state index in [0.29, 0.717) is 17.6 Å². The van der Waals surface area contributed by atoms with Crippen LogP contribution >= 0.6 is 0 Å². The fourth-order valence-corrected chi connectivity index (χ4v) is 5.58. The third-order valence-electron chi connectivity index (χ3n) is 7.41. The zero-order valence-electron chi connectivity index (χ0n) is 21.5. The second kappa shape index (κ2) is 9.03. The normalized spacial score (nSPS) is 11.5. The van der Waals surface area contributed by atoms with Gasteiger partial charge >= 0.3 is 0 Å². The van der Waals surface area contributed by atoms with Gasteiger partial charge in [-0.3, -0.25) is 4.57 Å². The first-order chi connectivity index (χ1) is 19.8. The molecule has 0 saturated heterocycles. The minimum atomic E-state index is 0.590. The van der Waals surface area contributed by atoms with Crippen molar-refractivity contribution in [3.63, 3.8) is 0 Å². The van der Waals surface area contributed by atoms with E-state index in [4.69, 9.17) is 15.0 Å². The van der Waals surface area contributed by atoms with Crippen molar-refractivity contribution in [2.45, 2.75) is 0 Å². The smallest absolute Gasteiger partial charge is 0.238 e. The van der Waals surface area contributed by atoms with Crippen LogP contribution in [0.3, 0.4) is 0 Å². The number of nitrogens with zero attached hydrogens (tertiary/aromatic N) is 5. The minimum Gasteiger partial charge on any atom is -0.315 e. The highest BCUT2D eigenvalue weighted by molar-refractivity contribution is 6.18. The Morgan fingerprint density at radius 3 is 1.73 bits per heavy atom. The van der Waals surface area contributed by atoms with Crippen LogP contribution in [0.5, 0.6) is 0 Å². The van der Waals surface area contributed by atoms with E-state index in [0.717, 1.165) is 49.5 Å². The molecule has 0 N–H and O–H groups in total. The van der Waals surface area contributed by atoms with Crippen LogP contribution in [0.25, 0.3) is 67.1 Å². The number of hydrogen-bond donors (Lipinski definition) is 0. The lowest BCUT2D eigenvalue weighted by atomic mass is 10.1. The summed E-state index contributed by atoms with van der Waals surface area (Å²) in [4.78, 5) is 15.1. The van der Waals surface area contributed by atoms with Crippen molar-refractivity contribution in [1.29, 1.82) is 0 Å². The summed E-state index contributed by atoms with van der Waals surface area (Å²) in [5, 5.41) is 3.46. The predicted octanol–water partition coefficient (Wildman–Crippen LogP) is 8.25. The fourth-order valence-electron chi connectivity index (χ4n) is 5.58. The third kappa shape index (κ3) is 3.52. The van der Waals surface area contributed by atoms with E-state index < -0.39 is 0 Å². The van der Waals surface area contributed by atoms with Gasteiger partial charge in [0.25, 0.3) is 0 Å². The van der Waals surface area contributed by atoms with Crippen molar-refractivity contribution in [3.8, 4) is 34.4 Å². The van der Waals surface area contributed by atoms with Crippen LogP contribution in [0.15, 0.2) is 140 Å². The Morgan fingerprint density at radius 2 is 1.05 bits per heavy atom. The first-order valence-corrected chi connectivity index (χ1v) is 13.3. The molecule has 8 aromatic rings. The Morgan fingerprint density at radius 1 is 0.450 bits per heavy atom. The molecule has 0 amide bonds. The van der Waals surface area contributed by atoms with E-state index >= 15 is 0 Å². The highest BCUT2D eigenvalue weighted by Crippen LogP contribution is 2.37. The summed E-state index contributed by atoms with van der Waals surface area (Å²) in [6.45, 7) is 0. The van der Waals surface area contributed by atoms with Crippen LogP contribution in [-0.2, 0) is 0 Å². The summed E-state index contributed by atoms with van der Waals surface area (Å²) in [6, 6.07) is 45.7. The van der Waals surface area contributed by atoms with Gasteiger partial charge in [-0.15, -0.1) is 0 Å². The topological polar surface area (TPSA) is 48.5 Å². The van der Waals surface area contributed by atoms with Crippen LogP contribution < -0.4 is 0 Å². The summed E-state index contributed by atoms with van der Waals surface area (Å²) < 4.78 is 4.46. The summed E-state index contributed by atoms with van der Waals surface area (Å²) in [5.74, 6) is 1.87. The minimum absolute atomic E-state index is 0.590. The Labute approximate surface area is 230 Å². The molecule has 0 spiro atoms. The van der Waals surface area contributed by atoms with E-state index in [1.165, 1.54) is 0 Å². The maximum absolute atomic E-state index is 5.10. The van der Waals surface area contributed by atoms with E-state index in [-0.39, 0.29) is 0 Å². The lowest BCUT2D eigenvalue weighted by Crippen LogP contribution is -2.07. The molecule has 0 saturated carbocycles. The standard InChI is InChI=1S/C35H23N5/c1-4-12-25(13-5-1)33-36-34(26-14-6-2-7-15-26)38-35(37-33)40-30-19-11-10-18-28(30)29-21-20-24-22-23-39(31(24)32(29)40)27-16-8-3-9-17-27/h1-23H. The molecule has 8 rings (SSSR count). The van der Waals surface area contributed by atoms with E-state index in [2.05, 4.69) is 82.1 Å². The lowest BCUT2D eigenvalue weighted by Gasteiger charge is -2.12. The average Bonchev–Trinajstić information content (AvgIpc) is 3.62. The summed E-state index contributed by atoms with van der Waals surface area (Å²) in [5.41, 5.74) is 6.23. The van der Waals surface area contributed by atoms with Crippen molar-refractivity contribution in [2.75, 3.05) is 0 Å². The molecule has 5 aromatic carbocycles. The number of para-hydroxylation sites is 2. The first-order valence-electron chi connectivity index (χ1n) is 13.3. The van der Waals surface area contributed by atoms with Gasteiger partial charge in [-0.1, -0.05) is 109 Å². The molecule has 5 nitrogen and oxygen atoms in total. The molecular weight excluding hydrogens is 490 g/mol. The summed E-state index contributed by atoms with van der Waals surface area (Å²) >= 11 is 0. The average molecular weight is 514 g/mol. The number of aromatic nitrogens is 5. The maximum atomic E-state index is 5.10. The molecule has 3 heterocycles. The Balaban J connectivity index is 1.52. The van der Waals surface area contributed by atoms with Gasteiger partial charge in [0.2, 0.25) is 5.95 Å². The maximum Gasteiger partial charge on any atom is 0.238 e. The van der Waals surface area contributed by atoms with Gasteiger partial charge in [0.15, 0.2) is 11.6 Å². The lowest BCUT2D eigenvalue weighted by molar-refractivity contribution is 0.953. The van der Waals surface area contributed by atoms with Crippen LogP contribution in [0.2, 0.25) is 0 Å². The molecule has 0 aliphatic carbocycles. The van der Waals surface area contributed by atoms with Gasteiger partial charge in [0.05, 0.1) is 16.6 Å². The molecule has 3 aromatic heterocycles. The van der Waals surface area contributed by atoms with Crippen LogP contribution in [-0.4, -0.2) is 24.1 Å². The van der Waals surface area contributed by atoms with Gasteiger partial charge in [-0.2, -0.15) is 9.97 Å². The molecule has 0 unspecified atom stereocenters. The van der Waals surface area contributed by atoms with Crippen LogP contribution in [0, 0.1) is 0 Å². The molecule has 0 atom stereocenters. The van der Waals surface area contributed by atoms with Crippen molar-refractivity contribution < 1.29 is 0 Å². The second-order valence-corrected chi connectivity index (χ2v) is 9.79. The van der Waals surface area contributed by atoms with E-state index in [1.54, 1.807) is 0 Å². The SMILES string of the molecule is c1ccc(-c2nc(-c3ccccc3)nc(-n3c4ccccc4c4ccc5ccn(-c6ccccc6)c5c43)n2)cc1. The van der Waals surface area contributed by atoms with Gasteiger partial charge < -0.3 is 4.57 Å². The Bertz CT molecular complexity index is 2090. The van der Waals surface area contributed by atoms with Crippen molar-refractivity contribution in [1.82, 2.24) is 24.1 Å². The highest BCUT2D eigenvalue weighted by Gasteiger charge is 2.21. The number of benzene rings is 5. The number of fused-ring (bicyclic) bond motifs is 5. The van der Waals surface area contributed by atoms with Crippen LogP contribution in [0.4, 0.5) is 0 Å². The van der Waals surface area contributed by atoms with Crippen molar-refractivity contribution in [2.24, 2.45) is 0 Å². The van der Waals surface area contributed by atoms with Gasteiger partial charge in [0, 0.05) is 39.2 Å². The first kappa shape index (κ1) is 22.4. The zero-order chi connectivity index (χ0) is 26.5. The molecule has 0 radical (unpaired) electrons.